The first kappa shape index (κ1) is 22.3. The first-order valence-corrected chi connectivity index (χ1v) is 9.89. The van der Waals surface area contributed by atoms with E-state index in [0.29, 0.717) is 39.9 Å². The molecule has 0 fully saturated rings. The summed E-state index contributed by atoms with van der Waals surface area (Å²) in [5.41, 5.74) is 3.44. The van der Waals surface area contributed by atoms with Crippen molar-refractivity contribution >= 4 is 23.5 Å². The van der Waals surface area contributed by atoms with Gasteiger partial charge in [-0.05, 0) is 49.2 Å². The number of halogens is 1. The van der Waals surface area contributed by atoms with Crippen molar-refractivity contribution < 1.29 is 23.8 Å². The molecule has 7 heteroatoms. The van der Waals surface area contributed by atoms with Crippen LogP contribution in [0.5, 0.6) is 5.75 Å². The molecular weight excluding hydrogens is 418 g/mol. The molecule has 0 aliphatic heterocycles. The monoisotopic (exact) mass is 439 g/mol. The van der Waals surface area contributed by atoms with Crippen LogP contribution in [0.3, 0.4) is 0 Å². The maximum absolute atomic E-state index is 12.5. The maximum Gasteiger partial charge on any atom is 0.340 e. The maximum atomic E-state index is 12.5. The van der Waals surface area contributed by atoms with Crippen LogP contribution in [0.2, 0.25) is 5.02 Å². The molecule has 0 bridgehead atoms. The summed E-state index contributed by atoms with van der Waals surface area (Å²) in [7, 11) is 2.58. The highest BCUT2D eigenvalue weighted by Crippen LogP contribution is 2.33. The number of methoxy groups -OCH3 is 2. The van der Waals surface area contributed by atoms with E-state index in [1.165, 1.54) is 14.2 Å². The first-order valence-electron chi connectivity index (χ1n) is 9.51. The number of rotatable bonds is 6. The molecule has 31 heavy (non-hydrogen) atoms. The summed E-state index contributed by atoms with van der Waals surface area (Å²) >= 11 is 5.91. The average molecular weight is 440 g/mol. The molecule has 0 radical (unpaired) electrons. The van der Waals surface area contributed by atoms with Crippen LogP contribution in [0.15, 0.2) is 48.5 Å². The van der Waals surface area contributed by atoms with E-state index >= 15 is 0 Å². The second-order valence-corrected chi connectivity index (χ2v) is 7.27. The fourth-order valence-electron chi connectivity index (χ4n) is 3.31. The molecule has 0 aliphatic rings. The lowest BCUT2D eigenvalue weighted by atomic mass is 9.92. The summed E-state index contributed by atoms with van der Waals surface area (Å²) in [6.45, 7) is 3.78. The molecular formula is C24H22ClNO5. The molecule has 0 atom stereocenters. The van der Waals surface area contributed by atoms with E-state index in [1.807, 2.05) is 12.1 Å². The van der Waals surface area contributed by atoms with E-state index in [9.17, 15) is 9.59 Å². The number of pyridine rings is 1. The Morgan fingerprint density at radius 3 is 1.84 bits per heavy atom. The standard InChI is InChI=1S/C24H22ClNO5/c1-14-20(23(27)29-3)22(21(15(2)26-14)24(28)30-4)17-7-11-19(12-8-17)31-13-16-5-9-18(25)10-6-16/h5-12H,13H2,1-4H3. The molecule has 160 valence electrons. The molecule has 0 unspecified atom stereocenters. The van der Waals surface area contributed by atoms with Gasteiger partial charge in [-0.2, -0.15) is 0 Å². The highest BCUT2D eigenvalue weighted by molar-refractivity contribution is 6.30. The van der Waals surface area contributed by atoms with E-state index in [4.69, 9.17) is 25.8 Å². The minimum Gasteiger partial charge on any atom is -0.489 e. The molecule has 1 aromatic heterocycles. The van der Waals surface area contributed by atoms with Crippen LogP contribution in [0.25, 0.3) is 11.1 Å². The third-order valence-corrected chi connectivity index (χ3v) is 5.05. The zero-order valence-electron chi connectivity index (χ0n) is 17.7. The fourth-order valence-corrected chi connectivity index (χ4v) is 3.43. The normalized spacial score (nSPS) is 10.5. The smallest absolute Gasteiger partial charge is 0.340 e. The summed E-state index contributed by atoms with van der Waals surface area (Å²) in [6.07, 6.45) is 0. The quantitative estimate of drug-likeness (QED) is 0.493. The van der Waals surface area contributed by atoms with Crippen LogP contribution in [-0.2, 0) is 16.1 Å². The lowest BCUT2D eigenvalue weighted by molar-refractivity contribution is 0.0599. The van der Waals surface area contributed by atoms with Gasteiger partial charge >= 0.3 is 11.9 Å². The molecule has 0 saturated heterocycles. The fraction of sp³-hybridized carbons (Fsp3) is 0.208. The van der Waals surface area contributed by atoms with E-state index in [1.54, 1.807) is 50.2 Å². The molecule has 3 aromatic rings. The molecule has 1 heterocycles. The average Bonchev–Trinajstić information content (AvgIpc) is 2.77. The van der Waals surface area contributed by atoms with Crippen molar-refractivity contribution in [3.05, 3.63) is 81.6 Å². The number of aryl methyl sites for hydroxylation is 2. The van der Waals surface area contributed by atoms with Crippen molar-refractivity contribution in [2.75, 3.05) is 14.2 Å². The third-order valence-electron chi connectivity index (χ3n) is 4.80. The topological polar surface area (TPSA) is 74.7 Å². The molecule has 3 rings (SSSR count). The summed E-state index contributed by atoms with van der Waals surface area (Å²) in [5, 5.41) is 0.666. The number of carbonyl (C=O) groups excluding carboxylic acids is 2. The van der Waals surface area contributed by atoms with Gasteiger partial charge in [-0.15, -0.1) is 0 Å². The number of carbonyl (C=O) groups is 2. The zero-order valence-corrected chi connectivity index (χ0v) is 18.4. The van der Waals surface area contributed by atoms with Crippen molar-refractivity contribution in [2.45, 2.75) is 20.5 Å². The molecule has 0 spiro atoms. The van der Waals surface area contributed by atoms with Gasteiger partial charge in [0.05, 0.1) is 36.7 Å². The van der Waals surface area contributed by atoms with E-state index < -0.39 is 11.9 Å². The Bertz CT molecular complexity index is 1070. The molecule has 6 nitrogen and oxygen atoms in total. The van der Waals surface area contributed by atoms with Crippen molar-refractivity contribution in [3.63, 3.8) is 0 Å². The van der Waals surface area contributed by atoms with Gasteiger partial charge in [0.15, 0.2) is 0 Å². The van der Waals surface area contributed by atoms with Gasteiger partial charge in [-0.1, -0.05) is 35.9 Å². The first-order chi connectivity index (χ1) is 14.8. The minimum atomic E-state index is -0.576. The minimum absolute atomic E-state index is 0.225. The lowest BCUT2D eigenvalue weighted by Gasteiger charge is -2.17. The predicted molar refractivity (Wildman–Crippen MR) is 118 cm³/mol. The Kier molecular flexibility index (Phi) is 6.92. The van der Waals surface area contributed by atoms with Crippen molar-refractivity contribution in [1.29, 1.82) is 0 Å². The number of aromatic nitrogens is 1. The number of esters is 2. The second kappa shape index (κ2) is 9.62. The van der Waals surface area contributed by atoms with Crippen molar-refractivity contribution in [2.24, 2.45) is 0 Å². The number of ether oxygens (including phenoxy) is 3. The molecule has 2 aromatic carbocycles. The van der Waals surface area contributed by atoms with Crippen LogP contribution >= 0.6 is 11.6 Å². The van der Waals surface area contributed by atoms with Gasteiger partial charge in [-0.25, -0.2) is 9.59 Å². The van der Waals surface area contributed by atoms with Gasteiger partial charge < -0.3 is 14.2 Å². The van der Waals surface area contributed by atoms with Gasteiger partial charge in [0.2, 0.25) is 0 Å². The Morgan fingerprint density at radius 2 is 1.35 bits per heavy atom. The van der Waals surface area contributed by atoms with Crippen LogP contribution in [0.1, 0.15) is 37.7 Å². The highest BCUT2D eigenvalue weighted by Gasteiger charge is 2.27. The Labute approximate surface area is 185 Å². The van der Waals surface area contributed by atoms with Crippen molar-refractivity contribution in [1.82, 2.24) is 4.98 Å². The van der Waals surface area contributed by atoms with E-state index in [0.717, 1.165) is 5.56 Å². The summed E-state index contributed by atoms with van der Waals surface area (Å²) in [4.78, 5) is 29.4. The van der Waals surface area contributed by atoms with Crippen LogP contribution < -0.4 is 4.74 Å². The SMILES string of the molecule is COC(=O)c1c(C)nc(C)c(C(=O)OC)c1-c1ccc(OCc2ccc(Cl)cc2)cc1. The summed E-state index contributed by atoms with van der Waals surface area (Å²) in [6, 6.07) is 14.5. The van der Waals surface area contributed by atoms with Crippen LogP contribution in [0.4, 0.5) is 0 Å². The molecule has 0 amide bonds. The van der Waals surface area contributed by atoms with Gasteiger partial charge in [0, 0.05) is 10.6 Å². The Hall–Kier alpha value is -3.38. The summed E-state index contributed by atoms with van der Waals surface area (Å²) < 4.78 is 15.7. The Balaban J connectivity index is 2.00. The summed E-state index contributed by atoms with van der Waals surface area (Å²) in [5.74, 6) is -0.512. The largest absolute Gasteiger partial charge is 0.489 e. The van der Waals surface area contributed by atoms with E-state index in [2.05, 4.69) is 4.98 Å². The molecule has 0 N–H and O–H groups in total. The zero-order chi connectivity index (χ0) is 22.5. The Morgan fingerprint density at radius 1 is 0.839 bits per heavy atom. The predicted octanol–water partition coefficient (Wildman–Crippen LogP) is 5.17. The van der Waals surface area contributed by atoms with Crippen molar-refractivity contribution in [3.8, 4) is 16.9 Å². The number of hydrogen-bond donors (Lipinski definition) is 0. The molecule has 0 saturated carbocycles. The van der Waals surface area contributed by atoms with Crippen LogP contribution in [0, 0.1) is 13.8 Å². The van der Waals surface area contributed by atoms with Gasteiger partial charge in [-0.3, -0.25) is 4.98 Å². The number of nitrogens with zero attached hydrogens (tertiary/aromatic N) is 1. The van der Waals surface area contributed by atoms with Gasteiger partial charge in [0.25, 0.3) is 0 Å². The highest BCUT2D eigenvalue weighted by atomic mass is 35.5. The van der Waals surface area contributed by atoms with Gasteiger partial charge in [0.1, 0.15) is 12.4 Å². The lowest BCUT2D eigenvalue weighted by Crippen LogP contribution is -2.16. The van der Waals surface area contributed by atoms with Crippen LogP contribution in [-0.4, -0.2) is 31.1 Å². The third kappa shape index (κ3) is 4.86. The number of benzene rings is 2. The molecule has 0 aliphatic carbocycles. The second-order valence-electron chi connectivity index (χ2n) is 6.83. The van der Waals surface area contributed by atoms with E-state index in [-0.39, 0.29) is 11.1 Å². The number of hydrogen-bond acceptors (Lipinski definition) is 6.